The fourth-order valence-electron chi connectivity index (χ4n) is 2.66. The zero-order valence-corrected chi connectivity index (χ0v) is 12.5. The van der Waals surface area contributed by atoms with E-state index >= 15 is 0 Å². The van der Waals surface area contributed by atoms with Crippen LogP contribution in [0, 0.1) is 19.8 Å². The lowest BCUT2D eigenvalue weighted by Crippen LogP contribution is -2.33. The van der Waals surface area contributed by atoms with Crippen LogP contribution in [0.25, 0.3) is 0 Å². The van der Waals surface area contributed by atoms with Gasteiger partial charge in [-0.3, -0.25) is 9.59 Å². The van der Waals surface area contributed by atoms with Crippen LogP contribution in [-0.4, -0.2) is 41.6 Å². The monoisotopic (exact) mass is 291 g/mol. The Kier molecular flexibility index (Phi) is 4.83. The molecule has 0 aromatic heterocycles. The highest BCUT2D eigenvalue weighted by Gasteiger charge is 2.27. The van der Waals surface area contributed by atoms with E-state index in [2.05, 4.69) is 0 Å². The molecule has 0 aliphatic carbocycles. The molecule has 0 radical (unpaired) electrons. The quantitative estimate of drug-likeness (QED) is 0.901. The van der Waals surface area contributed by atoms with Crippen molar-refractivity contribution in [2.24, 2.45) is 5.92 Å². The summed E-state index contributed by atoms with van der Waals surface area (Å²) < 4.78 is 5.57. The predicted molar refractivity (Wildman–Crippen MR) is 78.4 cm³/mol. The summed E-state index contributed by atoms with van der Waals surface area (Å²) in [7, 11) is 0. The standard InChI is InChI=1S/C16H21NO4/c1-11-3-4-14(12(2)7-11)21-10-15(18)17-6-5-13(9-17)8-16(19)20/h3-4,7,13H,5-6,8-10H2,1-2H3,(H,19,20). The minimum atomic E-state index is -0.805. The molecule has 1 fully saturated rings. The summed E-state index contributed by atoms with van der Waals surface area (Å²) in [4.78, 5) is 24.5. The van der Waals surface area contributed by atoms with E-state index in [1.165, 1.54) is 0 Å². The van der Waals surface area contributed by atoms with E-state index in [1.807, 2.05) is 32.0 Å². The zero-order chi connectivity index (χ0) is 15.4. The number of carboxylic acids is 1. The number of ether oxygens (including phenoxy) is 1. The molecule has 1 aromatic rings. The minimum absolute atomic E-state index is 0.00366. The molecule has 5 nitrogen and oxygen atoms in total. The van der Waals surface area contributed by atoms with Gasteiger partial charge in [0, 0.05) is 19.5 Å². The van der Waals surface area contributed by atoms with Crippen LogP contribution in [0.15, 0.2) is 18.2 Å². The second-order valence-electron chi connectivity index (χ2n) is 5.65. The summed E-state index contributed by atoms with van der Waals surface area (Å²) in [6.07, 6.45) is 0.878. The Bertz CT molecular complexity index is 541. The summed E-state index contributed by atoms with van der Waals surface area (Å²) in [6.45, 7) is 5.10. The Morgan fingerprint density at radius 2 is 2.14 bits per heavy atom. The van der Waals surface area contributed by atoms with E-state index in [0.29, 0.717) is 13.1 Å². The van der Waals surface area contributed by atoms with Gasteiger partial charge < -0.3 is 14.7 Å². The van der Waals surface area contributed by atoms with Crippen LogP contribution in [0.1, 0.15) is 24.0 Å². The maximum atomic E-state index is 12.1. The maximum Gasteiger partial charge on any atom is 0.303 e. The van der Waals surface area contributed by atoms with Crippen molar-refractivity contribution in [1.82, 2.24) is 4.90 Å². The van der Waals surface area contributed by atoms with Gasteiger partial charge in [-0.1, -0.05) is 17.7 Å². The van der Waals surface area contributed by atoms with Gasteiger partial charge in [-0.15, -0.1) is 0 Å². The molecule has 1 heterocycles. The van der Waals surface area contributed by atoms with Crippen LogP contribution in [0.2, 0.25) is 0 Å². The van der Waals surface area contributed by atoms with Gasteiger partial charge in [0.2, 0.25) is 0 Å². The van der Waals surface area contributed by atoms with Crippen molar-refractivity contribution in [3.8, 4) is 5.75 Å². The van der Waals surface area contributed by atoms with E-state index < -0.39 is 5.97 Å². The third-order valence-corrected chi connectivity index (χ3v) is 3.78. The molecule has 0 spiro atoms. The largest absolute Gasteiger partial charge is 0.484 e. The number of aryl methyl sites for hydroxylation is 2. The van der Waals surface area contributed by atoms with Crippen molar-refractivity contribution in [3.05, 3.63) is 29.3 Å². The van der Waals surface area contributed by atoms with Crippen molar-refractivity contribution < 1.29 is 19.4 Å². The normalized spacial score (nSPS) is 17.8. The van der Waals surface area contributed by atoms with Gasteiger partial charge in [0.25, 0.3) is 5.91 Å². The van der Waals surface area contributed by atoms with Crippen LogP contribution in [0.3, 0.4) is 0 Å². The van der Waals surface area contributed by atoms with Crippen molar-refractivity contribution >= 4 is 11.9 Å². The second kappa shape index (κ2) is 6.61. The van der Waals surface area contributed by atoms with Gasteiger partial charge in [-0.2, -0.15) is 0 Å². The summed E-state index contributed by atoms with van der Waals surface area (Å²) in [5, 5.41) is 8.78. The van der Waals surface area contributed by atoms with Crippen LogP contribution in [0.5, 0.6) is 5.75 Å². The number of nitrogens with zero attached hydrogens (tertiary/aromatic N) is 1. The van der Waals surface area contributed by atoms with E-state index in [9.17, 15) is 9.59 Å². The lowest BCUT2D eigenvalue weighted by atomic mass is 10.1. The first-order valence-electron chi connectivity index (χ1n) is 7.15. The number of carboxylic acid groups (broad SMARTS) is 1. The Morgan fingerprint density at radius 1 is 1.38 bits per heavy atom. The molecule has 1 amide bonds. The average molecular weight is 291 g/mol. The van der Waals surface area contributed by atoms with Crippen LogP contribution in [0.4, 0.5) is 0 Å². The average Bonchev–Trinajstić information content (AvgIpc) is 2.85. The maximum absolute atomic E-state index is 12.1. The number of rotatable bonds is 5. The number of aliphatic carboxylic acids is 1. The number of carbonyl (C=O) groups is 2. The third kappa shape index (κ3) is 4.21. The Labute approximate surface area is 124 Å². The van der Waals surface area contributed by atoms with E-state index in [-0.39, 0.29) is 24.9 Å². The minimum Gasteiger partial charge on any atom is -0.484 e. The van der Waals surface area contributed by atoms with Gasteiger partial charge in [-0.25, -0.2) is 0 Å². The van der Waals surface area contributed by atoms with Crippen LogP contribution >= 0.6 is 0 Å². The molecule has 114 valence electrons. The van der Waals surface area contributed by atoms with Crippen molar-refractivity contribution in [2.75, 3.05) is 19.7 Å². The number of benzene rings is 1. The van der Waals surface area contributed by atoms with Crippen molar-refractivity contribution in [2.45, 2.75) is 26.7 Å². The van der Waals surface area contributed by atoms with Crippen molar-refractivity contribution in [3.63, 3.8) is 0 Å². The Balaban J connectivity index is 1.84. The number of likely N-dealkylation sites (tertiary alicyclic amines) is 1. The first kappa shape index (κ1) is 15.4. The molecule has 1 aliphatic heterocycles. The SMILES string of the molecule is Cc1ccc(OCC(=O)N2CCC(CC(=O)O)C2)c(C)c1. The van der Waals surface area contributed by atoms with Gasteiger partial charge >= 0.3 is 5.97 Å². The summed E-state index contributed by atoms with van der Waals surface area (Å²) in [5.74, 6) is -0.105. The van der Waals surface area contributed by atoms with Gasteiger partial charge in [-0.05, 0) is 37.8 Å². The second-order valence-corrected chi connectivity index (χ2v) is 5.65. The molecule has 1 aromatic carbocycles. The molecule has 0 bridgehead atoms. The predicted octanol–water partition coefficient (Wildman–Crippen LogP) is 2.01. The molecule has 1 aliphatic rings. The number of hydrogen-bond donors (Lipinski definition) is 1. The molecule has 2 rings (SSSR count). The molecule has 5 heteroatoms. The molecule has 1 saturated heterocycles. The molecular weight excluding hydrogens is 270 g/mol. The topological polar surface area (TPSA) is 66.8 Å². The lowest BCUT2D eigenvalue weighted by molar-refractivity contribution is -0.138. The van der Waals surface area contributed by atoms with Gasteiger partial charge in [0.05, 0.1) is 0 Å². The Morgan fingerprint density at radius 3 is 2.81 bits per heavy atom. The lowest BCUT2D eigenvalue weighted by Gasteiger charge is -2.17. The molecule has 1 atom stereocenters. The molecule has 1 unspecified atom stereocenters. The fourth-order valence-corrected chi connectivity index (χ4v) is 2.66. The molecule has 1 N–H and O–H groups in total. The van der Waals surface area contributed by atoms with Gasteiger partial charge in [0.15, 0.2) is 6.61 Å². The van der Waals surface area contributed by atoms with Crippen molar-refractivity contribution in [1.29, 1.82) is 0 Å². The molecule has 21 heavy (non-hydrogen) atoms. The van der Waals surface area contributed by atoms with Crippen LogP contribution in [-0.2, 0) is 9.59 Å². The number of amides is 1. The Hall–Kier alpha value is -2.04. The zero-order valence-electron chi connectivity index (χ0n) is 12.5. The third-order valence-electron chi connectivity index (χ3n) is 3.78. The smallest absolute Gasteiger partial charge is 0.303 e. The summed E-state index contributed by atoms with van der Waals surface area (Å²) in [6, 6.07) is 5.83. The van der Waals surface area contributed by atoms with E-state index in [4.69, 9.17) is 9.84 Å². The first-order chi connectivity index (χ1) is 9.95. The molecular formula is C16H21NO4. The van der Waals surface area contributed by atoms with E-state index in [0.717, 1.165) is 23.3 Å². The highest BCUT2D eigenvalue weighted by Crippen LogP contribution is 2.21. The molecule has 0 saturated carbocycles. The fraction of sp³-hybridized carbons (Fsp3) is 0.500. The number of hydrogen-bond acceptors (Lipinski definition) is 3. The van der Waals surface area contributed by atoms with Crippen LogP contribution < -0.4 is 4.74 Å². The summed E-state index contributed by atoms with van der Waals surface area (Å²) >= 11 is 0. The van der Waals surface area contributed by atoms with Gasteiger partial charge in [0.1, 0.15) is 5.75 Å². The first-order valence-corrected chi connectivity index (χ1v) is 7.15. The number of carbonyl (C=O) groups excluding carboxylic acids is 1. The highest BCUT2D eigenvalue weighted by atomic mass is 16.5. The van der Waals surface area contributed by atoms with E-state index in [1.54, 1.807) is 4.90 Å². The highest BCUT2D eigenvalue weighted by molar-refractivity contribution is 5.78. The summed E-state index contributed by atoms with van der Waals surface area (Å²) in [5.41, 5.74) is 2.16.